The van der Waals surface area contributed by atoms with Crippen LogP contribution < -0.4 is 0 Å². The molecule has 1 atom stereocenters. The fourth-order valence-corrected chi connectivity index (χ4v) is 4.93. The van der Waals surface area contributed by atoms with Crippen molar-refractivity contribution in [2.24, 2.45) is 0 Å². The second-order valence-corrected chi connectivity index (χ2v) is 8.65. The van der Waals surface area contributed by atoms with Gasteiger partial charge in [0.1, 0.15) is 0 Å². The van der Waals surface area contributed by atoms with Crippen molar-refractivity contribution in [3.8, 4) is 22.3 Å². The lowest BCUT2D eigenvalue weighted by Crippen LogP contribution is -2.15. The first-order valence-corrected chi connectivity index (χ1v) is 10.5. The van der Waals surface area contributed by atoms with Crippen LogP contribution >= 0.6 is 0 Å². The largest absolute Gasteiger partial charge is 0.0622 e. The fraction of sp³-hybridized carbons (Fsp3) is 0.172. The quantitative estimate of drug-likeness (QED) is 0.343. The summed E-state index contributed by atoms with van der Waals surface area (Å²) in [6.07, 6.45) is 0. The van der Waals surface area contributed by atoms with E-state index >= 15 is 0 Å². The Labute approximate surface area is 173 Å². The molecule has 0 aliphatic heterocycles. The van der Waals surface area contributed by atoms with E-state index in [1.54, 1.807) is 0 Å². The maximum atomic E-state index is 2.45. The van der Waals surface area contributed by atoms with E-state index in [-0.39, 0.29) is 5.41 Å². The van der Waals surface area contributed by atoms with Gasteiger partial charge in [-0.05, 0) is 44.5 Å². The first-order valence-electron chi connectivity index (χ1n) is 10.5. The zero-order chi connectivity index (χ0) is 20.0. The first-order chi connectivity index (χ1) is 14.1. The third-order valence-corrected chi connectivity index (χ3v) is 6.62. The van der Waals surface area contributed by atoms with E-state index in [2.05, 4.69) is 118 Å². The van der Waals surface area contributed by atoms with Crippen LogP contribution in [0.3, 0.4) is 0 Å². The van der Waals surface area contributed by atoms with Gasteiger partial charge < -0.3 is 0 Å². The molecule has 0 aromatic heterocycles. The Morgan fingerprint density at radius 2 is 1.21 bits per heavy atom. The maximum absolute atomic E-state index is 2.45. The number of hydrogen-bond acceptors (Lipinski definition) is 0. The summed E-state index contributed by atoms with van der Waals surface area (Å²) in [6.45, 7) is 7.03. The molecule has 1 aliphatic rings. The average molecular weight is 375 g/mol. The summed E-state index contributed by atoms with van der Waals surface area (Å²) in [5.41, 5.74) is 11.1. The van der Waals surface area contributed by atoms with Crippen LogP contribution in [0.5, 0.6) is 0 Å². The minimum atomic E-state index is 0.0423. The molecule has 29 heavy (non-hydrogen) atoms. The van der Waals surface area contributed by atoms with Crippen LogP contribution in [-0.2, 0) is 5.41 Å². The van der Waals surface area contributed by atoms with E-state index in [1.807, 2.05) is 0 Å². The fourth-order valence-electron chi connectivity index (χ4n) is 4.93. The van der Waals surface area contributed by atoms with Gasteiger partial charge in [0, 0.05) is 11.3 Å². The molecule has 5 rings (SSSR count). The van der Waals surface area contributed by atoms with Crippen LogP contribution in [0.15, 0.2) is 97.1 Å². The van der Waals surface area contributed by atoms with Crippen molar-refractivity contribution in [1.29, 1.82) is 0 Å². The number of rotatable bonds is 3. The van der Waals surface area contributed by atoms with Gasteiger partial charge in [-0.2, -0.15) is 0 Å². The molecule has 0 radical (unpaired) electrons. The molecular formula is C29H26. The minimum Gasteiger partial charge on any atom is -0.0622 e. The smallest absolute Gasteiger partial charge is 0.0158 e. The topological polar surface area (TPSA) is 0 Å². The van der Waals surface area contributed by atoms with Gasteiger partial charge in [-0.3, -0.25) is 0 Å². The molecule has 4 aromatic carbocycles. The maximum Gasteiger partial charge on any atom is 0.0158 e. The lowest BCUT2D eigenvalue weighted by atomic mass is 9.80. The van der Waals surface area contributed by atoms with Crippen LogP contribution in [0.1, 0.15) is 48.9 Å². The van der Waals surface area contributed by atoms with Gasteiger partial charge in [0.15, 0.2) is 0 Å². The lowest BCUT2D eigenvalue weighted by Gasteiger charge is -2.23. The summed E-state index contributed by atoms with van der Waals surface area (Å²) in [7, 11) is 0. The van der Waals surface area contributed by atoms with Gasteiger partial charge >= 0.3 is 0 Å². The van der Waals surface area contributed by atoms with Gasteiger partial charge in [-0.15, -0.1) is 0 Å². The highest BCUT2D eigenvalue weighted by Gasteiger charge is 2.35. The van der Waals surface area contributed by atoms with Crippen LogP contribution in [-0.4, -0.2) is 0 Å². The normalized spacial score (nSPS) is 14.9. The molecule has 0 spiro atoms. The molecule has 0 heteroatoms. The molecule has 0 fully saturated rings. The van der Waals surface area contributed by atoms with Crippen LogP contribution in [0.4, 0.5) is 0 Å². The van der Waals surface area contributed by atoms with Gasteiger partial charge in [0.25, 0.3) is 0 Å². The van der Waals surface area contributed by atoms with Crippen LogP contribution in [0.2, 0.25) is 0 Å². The van der Waals surface area contributed by atoms with E-state index in [9.17, 15) is 0 Å². The van der Waals surface area contributed by atoms with E-state index in [0.29, 0.717) is 5.92 Å². The predicted octanol–water partition coefficient (Wildman–Crippen LogP) is 7.81. The molecular weight excluding hydrogens is 348 g/mol. The van der Waals surface area contributed by atoms with Crippen molar-refractivity contribution >= 4 is 0 Å². The van der Waals surface area contributed by atoms with E-state index < -0.39 is 0 Å². The SMILES string of the molecule is CC(c1ccc2c(c1)C(C)(C)c1ccccc1-2)c1ccccc1-c1ccccc1. The molecule has 0 bridgehead atoms. The highest BCUT2D eigenvalue weighted by Crippen LogP contribution is 2.49. The Kier molecular flexibility index (Phi) is 4.17. The summed E-state index contributed by atoms with van der Waals surface area (Å²) < 4.78 is 0. The predicted molar refractivity (Wildman–Crippen MR) is 123 cm³/mol. The van der Waals surface area contributed by atoms with E-state index in [1.165, 1.54) is 44.5 Å². The number of benzene rings is 4. The van der Waals surface area contributed by atoms with Gasteiger partial charge in [0.05, 0.1) is 0 Å². The van der Waals surface area contributed by atoms with Crippen molar-refractivity contribution in [3.63, 3.8) is 0 Å². The molecule has 142 valence electrons. The van der Waals surface area contributed by atoms with Crippen molar-refractivity contribution in [2.75, 3.05) is 0 Å². The Bertz CT molecular complexity index is 1180. The standard InChI is InChI=1S/C29H26/c1-20(23-13-7-8-14-24(23)21-11-5-4-6-12-21)22-17-18-26-25-15-9-10-16-27(25)29(2,3)28(26)19-22/h4-20H,1-3H3. The average Bonchev–Trinajstić information content (AvgIpc) is 3.01. The first kappa shape index (κ1) is 17.9. The molecule has 0 heterocycles. The molecule has 0 N–H and O–H groups in total. The molecule has 0 nitrogen and oxygen atoms in total. The molecule has 0 saturated carbocycles. The monoisotopic (exact) mass is 374 g/mol. The van der Waals surface area contributed by atoms with Crippen LogP contribution in [0, 0.1) is 0 Å². The highest BCUT2D eigenvalue weighted by atomic mass is 14.4. The number of hydrogen-bond donors (Lipinski definition) is 0. The molecule has 0 saturated heterocycles. The summed E-state index contributed by atoms with van der Waals surface area (Å²) in [4.78, 5) is 0. The van der Waals surface area contributed by atoms with Crippen molar-refractivity contribution < 1.29 is 0 Å². The second-order valence-electron chi connectivity index (χ2n) is 8.65. The van der Waals surface area contributed by atoms with Gasteiger partial charge in [0.2, 0.25) is 0 Å². The molecule has 4 aromatic rings. The second kappa shape index (κ2) is 6.74. The summed E-state index contributed by atoms with van der Waals surface area (Å²) in [5.74, 6) is 0.330. The Morgan fingerprint density at radius 3 is 2.00 bits per heavy atom. The lowest BCUT2D eigenvalue weighted by molar-refractivity contribution is 0.658. The highest BCUT2D eigenvalue weighted by molar-refractivity contribution is 5.81. The van der Waals surface area contributed by atoms with Crippen molar-refractivity contribution in [2.45, 2.75) is 32.1 Å². The third-order valence-electron chi connectivity index (χ3n) is 6.62. The molecule has 0 amide bonds. The number of fused-ring (bicyclic) bond motifs is 3. The van der Waals surface area contributed by atoms with Crippen molar-refractivity contribution in [1.82, 2.24) is 0 Å². The van der Waals surface area contributed by atoms with Gasteiger partial charge in [-0.25, -0.2) is 0 Å². The summed E-state index contributed by atoms with van der Waals surface area (Å²) in [6, 6.07) is 35.5. The van der Waals surface area contributed by atoms with E-state index in [4.69, 9.17) is 0 Å². The Balaban J connectivity index is 1.61. The summed E-state index contributed by atoms with van der Waals surface area (Å²) in [5, 5.41) is 0. The van der Waals surface area contributed by atoms with Crippen LogP contribution in [0.25, 0.3) is 22.3 Å². The third kappa shape index (κ3) is 2.83. The summed E-state index contributed by atoms with van der Waals surface area (Å²) >= 11 is 0. The van der Waals surface area contributed by atoms with Crippen molar-refractivity contribution in [3.05, 3.63) is 119 Å². The minimum absolute atomic E-state index is 0.0423. The zero-order valence-corrected chi connectivity index (χ0v) is 17.3. The van der Waals surface area contributed by atoms with E-state index in [0.717, 1.165) is 0 Å². The Morgan fingerprint density at radius 1 is 0.586 bits per heavy atom. The molecule has 1 aliphatic carbocycles. The molecule has 1 unspecified atom stereocenters. The zero-order valence-electron chi connectivity index (χ0n) is 17.3. The Hall–Kier alpha value is -3.12. The van der Waals surface area contributed by atoms with Gasteiger partial charge in [-0.1, -0.05) is 118 Å².